The van der Waals surface area contributed by atoms with Crippen LogP contribution in [0.4, 0.5) is 0 Å². The average molecular weight is 291 g/mol. The Kier molecular flexibility index (Phi) is 3.12. The highest BCUT2D eigenvalue weighted by Gasteiger charge is 2.11. The molecule has 2 heterocycles. The lowest BCUT2D eigenvalue weighted by atomic mass is 10.0. The minimum atomic E-state index is 0.506. The minimum Gasteiger partial charge on any atom is -0.496 e. The standard InChI is InChI=1S/C14H11ClN2OS/c1-8-5-9(3-4-11(8)18-2)10-6-19-13-12(10)16-7-17-14(13)15/h3-7H,1-2H3. The summed E-state index contributed by atoms with van der Waals surface area (Å²) in [5.41, 5.74) is 4.18. The lowest BCUT2D eigenvalue weighted by molar-refractivity contribution is 0.412. The second-order valence-corrected chi connectivity index (χ2v) is 5.41. The Hall–Kier alpha value is -1.65. The van der Waals surface area contributed by atoms with Gasteiger partial charge in [0.1, 0.15) is 17.2 Å². The van der Waals surface area contributed by atoms with E-state index in [-0.39, 0.29) is 0 Å². The van der Waals surface area contributed by atoms with Crippen molar-refractivity contribution < 1.29 is 4.74 Å². The molecule has 0 radical (unpaired) electrons. The predicted octanol–water partition coefficient (Wildman–Crippen LogP) is 4.33. The third kappa shape index (κ3) is 2.07. The summed E-state index contributed by atoms with van der Waals surface area (Å²) in [7, 11) is 1.68. The van der Waals surface area contributed by atoms with Gasteiger partial charge in [-0.2, -0.15) is 0 Å². The summed E-state index contributed by atoms with van der Waals surface area (Å²) in [6.07, 6.45) is 1.50. The molecule has 1 aromatic carbocycles. The number of nitrogens with zero attached hydrogens (tertiary/aromatic N) is 2. The number of halogens is 1. The van der Waals surface area contributed by atoms with Crippen molar-refractivity contribution in [2.45, 2.75) is 6.92 Å². The number of hydrogen-bond acceptors (Lipinski definition) is 4. The zero-order valence-electron chi connectivity index (χ0n) is 10.5. The largest absolute Gasteiger partial charge is 0.496 e. The summed E-state index contributed by atoms with van der Waals surface area (Å²) in [5.74, 6) is 0.885. The van der Waals surface area contributed by atoms with Gasteiger partial charge in [0.25, 0.3) is 0 Å². The second-order valence-electron chi connectivity index (χ2n) is 4.18. The monoisotopic (exact) mass is 290 g/mol. The maximum Gasteiger partial charge on any atom is 0.150 e. The molecule has 0 amide bonds. The van der Waals surface area contributed by atoms with E-state index in [0.717, 1.165) is 32.7 Å². The predicted molar refractivity (Wildman–Crippen MR) is 79.2 cm³/mol. The fraction of sp³-hybridized carbons (Fsp3) is 0.143. The lowest BCUT2D eigenvalue weighted by Crippen LogP contribution is -1.88. The van der Waals surface area contributed by atoms with E-state index < -0.39 is 0 Å². The summed E-state index contributed by atoms with van der Waals surface area (Å²) in [6, 6.07) is 6.09. The fourth-order valence-corrected chi connectivity index (χ4v) is 3.25. The maximum absolute atomic E-state index is 6.08. The molecule has 5 heteroatoms. The molecule has 0 spiro atoms. The molecular weight excluding hydrogens is 280 g/mol. The molecule has 0 N–H and O–H groups in total. The number of aromatic nitrogens is 2. The third-order valence-corrected chi connectivity index (χ3v) is 4.39. The summed E-state index contributed by atoms with van der Waals surface area (Å²) >= 11 is 7.64. The molecule has 0 saturated heterocycles. The number of methoxy groups -OCH3 is 1. The highest BCUT2D eigenvalue weighted by Crippen LogP contribution is 2.36. The van der Waals surface area contributed by atoms with Crippen molar-refractivity contribution in [1.29, 1.82) is 0 Å². The molecular formula is C14H11ClN2OS. The van der Waals surface area contributed by atoms with Gasteiger partial charge in [-0.1, -0.05) is 17.7 Å². The zero-order chi connectivity index (χ0) is 13.4. The van der Waals surface area contributed by atoms with Crippen LogP contribution in [-0.4, -0.2) is 17.1 Å². The van der Waals surface area contributed by atoms with Crippen LogP contribution in [0, 0.1) is 6.92 Å². The lowest BCUT2D eigenvalue weighted by Gasteiger charge is -2.06. The first kappa shape index (κ1) is 12.4. The summed E-state index contributed by atoms with van der Waals surface area (Å²) in [4.78, 5) is 8.34. The molecule has 0 bridgehead atoms. The van der Waals surface area contributed by atoms with Crippen molar-refractivity contribution in [3.05, 3.63) is 40.6 Å². The van der Waals surface area contributed by atoms with Crippen molar-refractivity contribution >= 4 is 33.2 Å². The average Bonchev–Trinajstić information content (AvgIpc) is 2.84. The van der Waals surface area contributed by atoms with E-state index in [0.29, 0.717) is 5.15 Å². The second kappa shape index (κ2) is 4.79. The summed E-state index contributed by atoms with van der Waals surface area (Å²) in [5, 5.41) is 2.57. The molecule has 2 aromatic heterocycles. The third-order valence-electron chi connectivity index (χ3n) is 3.02. The van der Waals surface area contributed by atoms with Gasteiger partial charge in [0.2, 0.25) is 0 Å². The van der Waals surface area contributed by atoms with Gasteiger partial charge < -0.3 is 4.74 Å². The Morgan fingerprint density at radius 2 is 2.11 bits per heavy atom. The zero-order valence-corrected chi connectivity index (χ0v) is 12.0. The van der Waals surface area contributed by atoms with Crippen molar-refractivity contribution in [2.24, 2.45) is 0 Å². The van der Waals surface area contributed by atoms with Gasteiger partial charge in [-0.25, -0.2) is 9.97 Å². The van der Waals surface area contributed by atoms with Gasteiger partial charge in [-0.05, 0) is 30.2 Å². The van der Waals surface area contributed by atoms with Crippen LogP contribution in [0.5, 0.6) is 5.75 Å². The first-order valence-electron chi connectivity index (χ1n) is 5.73. The van der Waals surface area contributed by atoms with Gasteiger partial charge in [0, 0.05) is 10.9 Å². The number of thiophene rings is 1. The molecule has 0 aliphatic carbocycles. The van der Waals surface area contributed by atoms with Gasteiger partial charge in [0.05, 0.1) is 17.3 Å². The van der Waals surface area contributed by atoms with Crippen molar-refractivity contribution in [3.8, 4) is 16.9 Å². The van der Waals surface area contributed by atoms with Crippen LogP contribution in [0.2, 0.25) is 5.15 Å². The molecule has 19 heavy (non-hydrogen) atoms. The molecule has 0 atom stereocenters. The van der Waals surface area contributed by atoms with Crippen LogP contribution in [0.1, 0.15) is 5.56 Å². The van der Waals surface area contributed by atoms with E-state index in [1.807, 2.05) is 19.1 Å². The van der Waals surface area contributed by atoms with Crippen LogP contribution < -0.4 is 4.74 Å². The molecule has 0 aliphatic heterocycles. The number of benzene rings is 1. The molecule has 3 aromatic rings. The summed E-state index contributed by atoms with van der Waals surface area (Å²) < 4.78 is 6.20. The van der Waals surface area contributed by atoms with E-state index >= 15 is 0 Å². The van der Waals surface area contributed by atoms with Crippen molar-refractivity contribution in [1.82, 2.24) is 9.97 Å². The smallest absolute Gasteiger partial charge is 0.150 e. The molecule has 0 unspecified atom stereocenters. The summed E-state index contributed by atoms with van der Waals surface area (Å²) in [6.45, 7) is 2.03. The Morgan fingerprint density at radius 1 is 1.26 bits per heavy atom. The Morgan fingerprint density at radius 3 is 2.84 bits per heavy atom. The van der Waals surface area contributed by atoms with Gasteiger partial charge in [0.15, 0.2) is 0 Å². The maximum atomic E-state index is 6.08. The number of ether oxygens (including phenoxy) is 1. The molecule has 3 rings (SSSR count). The molecule has 0 saturated carbocycles. The fourth-order valence-electron chi connectivity index (χ4n) is 2.07. The number of hydrogen-bond donors (Lipinski definition) is 0. The number of fused-ring (bicyclic) bond motifs is 1. The van der Waals surface area contributed by atoms with Gasteiger partial charge >= 0.3 is 0 Å². The number of rotatable bonds is 2. The quantitative estimate of drug-likeness (QED) is 0.659. The normalized spacial score (nSPS) is 10.9. The molecule has 96 valence electrons. The van der Waals surface area contributed by atoms with E-state index in [1.54, 1.807) is 18.4 Å². The van der Waals surface area contributed by atoms with E-state index in [1.165, 1.54) is 6.33 Å². The Labute approximate surface area is 119 Å². The van der Waals surface area contributed by atoms with E-state index in [4.69, 9.17) is 16.3 Å². The minimum absolute atomic E-state index is 0.506. The van der Waals surface area contributed by atoms with Crippen LogP contribution in [-0.2, 0) is 0 Å². The highest BCUT2D eigenvalue weighted by molar-refractivity contribution is 7.18. The van der Waals surface area contributed by atoms with Crippen molar-refractivity contribution in [3.63, 3.8) is 0 Å². The van der Waals surface area contributed by atoms with Crippen LogP contribution in [0.15, 0.2) is 29.9 Å². The molecule has 0 fully saturated rings. The highest BCUT2D eigenvalue weighted by atomic mass is 35.5. The first-order valence-corrected chi connectivity index (χ1v) is 6.99. The molecule has 3 nitrogen and oxygen atoms in total. The van der Waals surface area contributed by atoms with E-state index in [2.05, 4.69) is 21.4 Å². The Bertz CT molecular complexity index is 754. The van der Waals surface area contributed by atoms with Crippen LogP contribution in [0.3, 0.4) is 0 Å². The van der Waals surface area contributed by atoms with Crippen LogP contribution >= 0.6 is 22.9 Å². The topological polar surface area (TPSA) is 35.0 Å². The Balaban J connectivity index is 2.19. The van der Waals surface area contributed by atoms with Crippen molar-refractivity contribution in [2.75, 3.05) is 7.11 Å². The SMILES string of the molecule is COc1ccc(-c2csc3c(Cl)ncnc23)cc1C. The number of aryl methyl sites for hydroxylation is 1. The first-order chi connectivity index (χ1) is 9.20. The molecule has 0 aliphatic rings. The van der Waals surface area contributed by atoms with E-state index in [9.17, 15) is 0 Å². The van der Waals surface area contributed by atoms with Gasteiger partial charge in [-0.15, -0.1) is 11.3 Å². The van der Waals surface area contributed by atoms with Gasteiger partial charge in [-0.3, -0.25) is 0 Å². The van der Waals surface area contributed by atoms with Crippen LogP contribution in [0.25, 0.3) is 21.3 Å².